The van der Waals surface area contributed by atoms with Gasteiger partial charge >= 0.3 is 11.9 Å². The number of unbranched alkanes of at least 4 members (excludes halogenated alkanes) is 1. The Balaban J connectivity index is 0.912. The smallest absolute Gasteiger partial charge is 0.386 e. The summed E-state index contributed by atoms with van der Waals surface area (Å²) in [7, 11) is 3.79. The molecular weight excluding hydrogens is 766 g/mol. The zero-order valence-electron chi connectivity index (χ0n) is 33.4. The van der Waals surface area contributed by atoms with E-state index in [0.717, 1.165) is 68.3 Å². The number of imide groups is 1. The standard InChI is InChI=1S/C43H47F3N8O5/c1-42(2,59)30-23-32-28(22-33(30)48-39(56)31-10-8-11-37(47-31)43(44,45)46)25-53(50-32)29-15-12-27(13-16-29)24-51(3)20-7-5-6-9-26-14-17-34-36(21-26)52(4)41(58)54(34)35-18-19-38(55)49-40(35)57/h8,10-11,14,17,21-23,25,27,29,35,59H,5,7,12-13,15-16,18-20,24H2,1-4H3,(H,48,56)(H,49,55,57). The molecular formula is C43H47F3N8O5. The minimum atomic E-state index is -4.70. The third-order valence-electron chi connectivity index (χ3n) is 11.3. The molecule has 4 heterocycles. The quantitative estimate of drug-likeness (QED) is 0.0874. The summed E-state index contributed by atoms with van der Waals surface area (Å²) in [5.41, 5.74) is 0.103. The number of nitrogens with zero attached hydrogens (tertiary/aromatic N) is 6. The van der Waals surface area contributed by atoms with E-state index in [1.807, 2.05) is 23.0 Å². The summed E-state index contributed by atoms with van der Waals surface area (Å²) in [5, 5.41) is 21.5. The van der Waals surface area contributed by atoms with Crippen molar-refractivity contribution in [1.82, 2.24) is 34.1 Å². The van der Waals surface area contributed by atoms with Gasteiger partial charge in [0, 0.05) is 54.8 Å². The lowest BCUT2D eigenvalue weighted by molar-refractivity contribution is -0.141. The van der Waals surface area contributed by atoms with Gasteiger partial charge in [0.2, 0.25) is 11.8 Å². The minimum Gasteiger partial charge on any atom is -0.386 e. The topological polar surface area (TPSA) is 156 Å². The van der Waals surface area contributed by atoms with Crippen molar-refractivity contribution in [2.24, 2.45) is 13.0 Å². The number of amides is 3. The summed E-state index contributed by atoms with van der Waals surface area (Å²) in [6.45, 7) is 5.00. The summed E-state index contributed by atoms with van der Waals surface area (Å²) >= 11 is 0. The van der Waals surface area contributed by atoms with Crippen LogP contribution in [0.25, 0.3) is 21.9 Å². The molecule has 2 aromatic carbocycles. The number of alkyl halides is 3. The Morgan fingerprint density at radius 1 is 1.03 bits per heavy atom. The predicted octanol–water partition coefficient (Wildman–Crippen LogP) is 6.06. The van der Waals surface area contributed by atoms with Crippen molar-refractivity contribution in [3.05, 3.63) is 87.7 Å². The van der Waals surface area contributed by atoms with Gasteiger partial charge in [0.1, 0.15) is 17.4 Å². The lowest BCUT2D eigenvalue weighted by atomic mass is 9.86. The van der Waals surface area contributed by atoms with E-state index in [1.54, 1.807) is 39.1 Å². The van der Waals surface area contributed by atoms with Crippen molar-refractivity contribution in [2.45, 2.75) is 89.1 Å². The minimum absolute atomic E-state index is 0.176. The number of aromatic nitrogens is 5. The normalized spacial score (nSPS) is 18.9. The number of aryl methyl sites for hydroxylation is 1. The molecule has 3 N–H and O–H groups in total. The molecule has 0 radical (unpaired) electrons. The summed E-state index contributed by atoms with van der Waals surface area (Å²) in [4.78, 5) is 56.1. The first-order valence-corrected chi connectivity index (χ1v) is 19.8. The van der Waals surface area contributed by atoms with Crippen LogP contribution in [0, 0.1) is 17.8 Å². The van der Waals surface area contributed by atoms with Gasteiger partial charge in [0.05, 0.1) is 28.2 Å². The number of nitrogens with one attached hydrogen (secondary N) is 2. The summed E-state index contributed by atoms with van der Waals surface area (Å²) in [5.74, 6) is 5.39. The van der Waals surface area contributed by atoms with Gasteiger partial charge in [-0.25, -0.2) is 9.78 Å². The molecule has 3 aromatic heterocycles. The Bertz CT molecular complexity index is 2550. The van der Waals surface area contributed by atoms with Crippen LogP contribution < -0.4 is 16.3 Å². The Morgan fingerprint density at radius 3 is 2.51 bits per heavy atom. The van der Waals surface area contributed by atoms with E-state index in [4.69, 9.17) is 5.10 Å². The zero-order chi connectivity index (χ0) is 42.2. The van der Waals surface area contributed by atoms with Crippen molar-refractivity contribution in [3.8, 4) is 11.8 Å². The number of carbonyl (C=O) groups is 3. The van der Waals surface area contributed by atoms with Gasteiger partial charge < -0.3 is 15.3 Å². The Labute approximate surface area is 338 Å². The SMILES string of the molecule is CN(CCCC#Cc1ccc2c(c1)n(C)c(=O)n2C1CCC(=O)NC1=O)CC1CCC(n2cc3cc(NC(=O)c4cccc(C(F)(F)F)n4)c(C(C)(C)O)cc3n2)CC1. The van der Waals surface area contributed by atoms with Crippen LogP contribution in [-0.2, 0) is 28.4 Å². The predicted molar refractivity (Wildman–Crippen MR) is 215 cm³/mol. The highest BCUT2D eigenvalue weighted by Gasteiger charge is 2.34. The van der Waals surface area contributed by atoms with E-state index in [2.05, 4.69) is 39.4 Å². The Hall–Kier alpha value is -5.79. The van der Waals surface area contributed by atoms with E-state index in [1.165, 1.54) is 15.2 Å². The summed E-state index contributed by atoms with van der Waals surface area (Å²) < 4.78 is 44.6. The van der Waals surface area contributed by atoms with E-state index >= 15 is 0 Å². The number of carbonyl (C=O) groups excluding carboxylic acids is 3. The van der Waals surface area contributed by atoms with E-state index in [9.17, 15) is 37.5 Å². The molecule has 310 valence electrons. The first-order chi connectivity index (χ1) is 28.0. The van der Waals surface area contributed by atoms with Gasteiger partial charge in [-0.2, -0.15) is 18.3 Å². The fourth-order valence-electron chi connectivity index (χ4n) is 8.19. The van der Waals surface area contributed by atoms with Crippen molar-refractivity contribution in [3.63, 3.8) is 0 Å². The molecule has 1 unspecified atom stereocenters. The van der Waals surface area contributed by atoms with Gasteiger partial charge in [-0.3, -0.25) is 33.5 Å². The van der Waals surface area contributed by atoms with Crippen LogP contribution in [0.2, 0.25) is 0 Å². The number of benzene rings is 2. The third-order valence-corrected chi connectivity index (χ3v) is 11.3. The van der Waals surface area contributed by atoms with Crippen LogP contribution in [0.1, 0.15) is 105 Å². The second-order valence-electron chi connectivity index (χ2n) is 16.2. The van der Waals surface area contributed by atoms with Crippen LogP contribution in [0.4, 0.5) is 18.9 Å². The molecule has 16 heteroatoms. The summed E-state index contributed by atoms with van der Waals surface area (Å²) in [6, 6.07) is 11.5. The van der Waals surface area contributed by atoms with Crippen LogP contribution >= 0.6 is 0 Å². The number of hydrogen-bond acceptors (Lipinski definition) is 8. The van der Waals surface area contributed by atoms with Gasteiger partial charge in [-0.05, 0) is 114 Å². The van der Waals surface area contributed by atoms with Crippen molar-refractivity contribution < 1.29 is 32.7 Å². The van der Waals surface area contributed by atoms with Gasteiger partial charge in [-0.15, -0.1) is 0 Å². The lowest BCUT2D eigenvalue weighted by Crippen LogP contribution is -2.44. The van der Waals surface area contributed by atoms with Crippen molar-refractivity contribution >= 4 is 45.3 Å². The molecule has 2 aliphatic rings. The number of pyridine rings is 1. The Morgan fingerprint density at radius 2 is 1.80 bits per heavy atom. The number of piperidine rings is 1. The average Bonchev–Trinajstić information content (AvgIpc) is 3.71. The second kappa shape index (κ2) is 16.5. The molecule has 0 spiro atoms. The molecule has 1 aliphatic heterocycles. The molecule has 59 heavy (non-hydrogen) atoms. The maximum Gasteiger partial charge on any atom is 0.433 e. The molecule has 2 fully saturated rings. The first-order valence-electron chi connectivity index (χ1n) is 19.8. The number of anilines is 1. The largest absolute Gasteiger partial charge is 0.433 e. The Kier molecular flexibility index (Phi) is 11.5. The number of imidazole rings is 1. The van der Waals surface area contributed by atoms with Crippen molar-refractivity contribution in [1.29, 1.82) is 0 Å². The molecule has 13 nitrogen and oxygen atoms in total. The van der Waals surface area contributed by atoms with E-state index in [0.29, 0.717) is 34.5 Å². The molecule has 7 rings (SSSR count). The van der Waals surface area contributed by atoms with Crippen LogP contribution in [0.15, 0.2) is 59.5 Å². The van der Waals surface area contributed by atoms with E-state index < -0.39 is 41.0 Å². The lowest BCUT2D eigenvalue weighted by Gasteiger charge is -2.31. The molecule has 1 atom stereocenters. The maximum absolute atomic E-state index is 13.2. The number of hydrogen-bond donors (Lipinski definition) is 3. The zero-order valence-corrected chi connectivity index (χ0v) is 33.4. The summed E-state index contributed by atoms with van der Waals surface area (Å²) in [6.07, 6.45) is 3.23. The second-order valence-corrected chi connectivity index (χ2v) is 16.2. The van der Waals surface area contributed by atoms with Gasteiger partial charge in [-0.1, -0.05) is 17.9 Å². The fraction of sp³-hybridized carbons (Fsp3) is 0.442. The number of rotatable bonds is 10. The number of aliphatic hydroxyl groups is 1. The molecule has 3 amide bonds. The highest BCUT2D eigenvalue weighted by molar-refractivity contribution is 6.04. The third kappa shape index (κ3) is 9.11. The van der Waals surface area contributed by atoms with Gasteiger partial charge in [0.25, 0.3) is 5.91 Å². The van der Waals surface area contributed by atoms with Crippen LogP contribution in [0.3, 0.4) is 0 Å². The first kappa shape index (κ1) is 41.4. The maximum atomic E-state index is 13.2. The van der Waals surface area contributed by atoms with E-state index in [-0.39, 0.29) is 36.2 Å². The molecule has 5 aromatic rings. The highest BCUT2D eigenvalue weighted by Crippen LogP contribution is 2.36. The highest BCUT2D eigenvalue weighted by atomic mass is 19.4. The molecule has 0 bridgehead atoms. The number of fused-ring (bicyclic) bond motifs is 2. The van der Waals surface area contributed by atoms with Gasteiger partial charge in [0.15, 0.2) is 0 Å². The molecule has 1 aliphatic carbocycles. The molecule has 1 saturated heterocycles. The average molecular weight is 813 g/mol. The fourth-order valence-corrected chi connectivity index (χ4v) is 8.19. The van der Waals surface area contributed by atoms with Crippen molar-refractivity contribution in [2.75, 3.05) is 25.5 Å². The molecule has 1 saturated carbocycles. The van der Waals surface area contributed by atoms with Crippen LogP contribution in [0.5, 0.6) is 0 Å². The number of halogens is 3. The monoisotopic (exact) mass is 812 g/mol. The van der Waals surface area contributed by atoms with Crippen LogP contribution in [-0.4, -0.2) is 71.8 Å².